The van der Waals surface area contributed by atoms with Crippen LogP contribution in [0.5, 0.6) is 0 Å². The number of para-hydroxylation sites is 3. The molecule has 310 valence electrons. The van der Waals surface area contributed by atoms with Crippen molar-refractivity contribution in [2.75, 3.05) is 0 Å². The third kappa shape index (κ3) is 4.96. The fraction of sp³-hybridized carbons (Fsp3) is 0.0500. The molecule has 1 aliphatic carbocycles. The van der Waals surface area contributed by atoms with Crippen molar-refractivity contribution < 1.29 is 0 Å². The summed E-state index contributed by atoms with van der Waals surface area (Å²) in [6, 6.07) is 77.5. The second kappa shape index (κ2) is 13.7. The van der Waals surface area contributed by atoms with Crippen molar-refractivity contribution >= 4 is 62.1 Å². The monoisotopic (exact) mass is 859 g/mol. The first kappa shape index (κ1) is 37.2. The first-order valence-electron chi connectivity index (χ1n) is 22.8. The van der Waals surface area contributed by atoms with Crippen LogP contribution in [0.3, 0.4) is 0 Å². The molecule has 0 fully saturated rings. The van der Waals surface area contributed by atoms with Gasteiger partial charge in [0.25, 0.3) is 0 Å². The van der Waals surface area contributed by atoms with Gasteiger partial charge in [0.05, 0.1) is 27.5 Å². The molecule has 0 radical (unpaired) electrons. The Bertz CT molecular complexity index is 3930. The van der Waals surface area contributed by atoms with Crippen LogP contribution in [-0.2, 0) is 5.41 Å². The van der Waals surface area contributed by atoms with Crippen LogP contribution in [0.4, 0.5) is 0 Å². The molecule has 5 nitrogen and oxygen atoms in total. The third-order valence-corrected chi connectivity index (χ3v) is 18.2. The topological polar surface area (TPSA) is 48.5 Å². The second-order valence-corrected chi connectivity index (χ2v) is 22.7. The molecule has 0 N–H and O–H groups in total. The van der Waals surface area contributed by atoms with Gasteiger partial charge in [0, 0.05) is 38.4 Å². The largest absolute Gasteiger partial charge is 0.309 e. The lowest BCUT2D eigenvalue weighted by Crippen LogP contribution is -2.63. The maximum absolute atomic E-state index is 5.52. The molecule has 0 saturated heterocycles. The normalized spacial score (nSPS) is 14.2. The molecular formula is C60H41N5Si. The molecule has 0 unspecified atom stereocenters. The first-order valence-corrected chi connectivity index (χ1v) is 25.8. The van der Waals surface area contributed by atoms with E-state index in [2.05, 4.69) is 228 Å². The van der Waals surface area contributed by atoms with Gasteiger partial charge in [-0.3, -0.25) is 4.57 Å². The number of rotatable bonds is 4. The van der Waals surface area contributed by atoms with Gasteiger partial charge in [-0.1, -0.05) is 189 Å². The van der Waals surface area contributed by atoms with Gasteiger partial charge in [-0.15, -0.1) is 0 Å². The average molecular weight is 860 g/mol. The highest BCUT2D eigenvalue weighted by atomic mass is 28.3. The fourth-order valence-corrected chi connectivity index (χ4v) is 15.0. The zero-order chi connectivity index (χ0) is 43.7. The number of hydrogen-bond donors (Lipinski definition) is 0. The summed E-state index contributed by atoms with van der Waals surface area (Å²) in [4.78, 5) is 16.2. The summed E-state index contributed by atoms with van der Waals surface area (Å²) in [5.74, 6) is 1.88. The Balaban J connectivity index is 1.04. The Labute approximate surface area is 383 Å². The summed E-state index contributed by atoms with van der Waals surface area (Å²) in [6.07, 6.45) is 0. The molecular weight excluding hydrogens is 819 g/mol. The molecule has 1 spiro atoms. The molecule has 0 atom stereocenters. The Morgan fingerprint density at radius 1 is 0.364 bits per heavy atom. The molecule has 66 heavy (non-hydrogen) atoms. The zero-order valence-electron chi connectivity index (χ0n) is 36.4. The van der Waals surface area contributed by atoms with E-state index in [1.165, 1.54) is 60.0 Å². The number of benzene rings is 9. The summed E-state index contributed by atoms with van der Waals surface area (Å²) in [6.45, 7) is 5.02. The number of nitrogens with zero attached hydrogens (tertiary/aromatic N) is 5. The number of fused-ring (bicyclic) bond motifs is 15. The van der Waals surface area contributed by atoms with Crippen LogP contribution < -0.4 is 10.4 Å². The minimum atomic E-state index is -2.30. The second-order valence-electron chi connectivity index (χ2n) is 18.3. The predicted molar refractivity (Wildman–Crippen MR) is 273 cm³/mol. The Morgan fingerprint density at radius 2 is 0.864 bits per heavy atom. The zero-order valence-corrected chi connectivity index (χ0v) is 37.4. The highest BCUT2D eigenvalue weighted by Gasteiger charge is 2.53. The van der Waals surface area contributed by atoms with Crippen LogP contribution in [0, 0.1) is 0 Å². The van der Waals surface area contributed by atoms with Crippen LogP contribution >= 0.6 is 0 Å². The van der Waals surface area contributed by atoms with E-state index in [9.17, 15) is 0 Å². The molecule has 6 heteroatoms. The summed E-state index contributed by atoms with van der Waals surface area (Å²) >= 11 is 0. The van der Waals surface area contributed by atoms with Crippen molar-refractivity contribution in [1.29, 1.82) is 0 Å². The van der Waals surface area contributed by atoms with E-state index in [-0.39, 0.29) is 0 Å². The molecule has 4 heterocycles. The Hall–Kier alpha value is -8.19. The van der Waals surface area contributed by atoms with Gasteiger partial charge >= 0.3 is 0 Å². The first-order chi connectivity index (χ1) is 32.5. The van der Waals surface area contributed by atoms with Gasteiger partial charge in [-0.05, 0) is 80.2 Å². The minimum absolute atomic E-state index is 0.447. The van der Waals surface area contributed by atoms with Gasteiger partial charge in [0.2, 0.25) is 5.95 Å². The summed E-state index contributed by atoms with van der Waals surface area (Å²) in [7, 11) is -2.30. The highest BCUT2D eigenvalue weighted by molar-refractivity contribution is 7.01. The lowest BCUT2D eigenvalue weighted by Gasteiger charge is -2.46. The molecule has 1 aliphatic heterocycles. The van der Waals surface area contributed by atoms with Gasteiger partial charge < -0.3 is 4.57 Å². The molecule has 0 bridgehead atoms. The SMILES string of the molecule is C[Si]1(C)c2ccccc2C2(c3ccccc3-c3ccccc32)c2ccc(-c3nc(-c4ccccc4)nc(-n4c5ccccc5c5cc6c(cc54)c4ccccc4n6-c4ccccc4)n3)cc21. The van der Waals surface area contributed by atoms with E-state index in [1.54, 1.807) is 0 Å². The lowest BCUT2D eigenvalue weighted by molar-refractivity contribution is 0.773. The van der Waals surface area contributed by atoms with Gasteiger partial charge in [-0.25, -0.2) is 4.98 Å². The van der Waals surface area contributed by atoms with E-state index < -0.39 is 13.5 Å². The van der Waals surface area contributed by atoms with Crippen molar-refractivity contribution in [3.63, 3.8) is 0 Å². The molecule has 2 aliphatic rings. The molecule has 12 aromatic rings. The Morgan fingerprint density at radius 3 is 1.53 bits per heavy atom. The van der Waals surface area contributed by atoms with E-state index >= 15 is 0 Å². The van der Waals surface area contributed by atoms with Crippen molar-refractivity contribution in [1.82, 2.24) is 24.1 Å². The predicted octanol–water partition coefficient (Wildman–Crippen LogP) is 12.9. The van der Waals surface area contributed by atoms with Crippen molar-refractivity contribution in [2.24, 2.45) is 0 Å². The lowest BCUT2D eigenvalue weighted by atomic mass is 9.67. The summed E-state index contributed by atoms with van der Waals surface area (Å²) in [5.41, 5.74) is 15.1. The Kier molecular flexibility index (Phi) is 7.70. The molecule has 0 saturated carbocycles. The van der Waals surface area contributed by atoms with E-state index in [0.717, 1.165) is 44.1 Å². The van der Waals surface area contributed by atoms with Gasteiger partial charge in [0.1, 0.15) is 8.07 Å². The maximum atomic E-state index is 5.52. The van der Waals surface area contributed by atoms with Crippen LogP contribution in [0.25, 0.3) is 89.2 Å². The van der Waals surface area contributed by atoms with E-state index in [4.69, 9.17) is 15.0 Å². The van der Waals surface area contributed by atoms with Gasteiger partial charge in [-0.2, -0.15) is 9.97 Å². The highest BCUT2D eigenvalue weighted by Crippen LogP contribution is 2.57. The standard InChI is InChI=1S/C60H41N5Si/c1-66(2)55-32-18-15-29-49(55)60(47-27-13-9-23-41(47)42-24-10-14-28-48(42)60)50-34-33-39(35-56(50)66)58-61-57(38-19-5-3-6-20-38)62-59(63-58)65-52-31-17-12-26-44(52)46-36-53-45(37-54(46)65)43-25-11-16-30-51(43)64(53)40-21-7-4-8-22-40/h3-37H,1-2H3. The molecule has 0 amide bonds. The van der Waals surface area contributed by atoms with E-state index in [1.807, 2.05) is 6.07 Å². The van der Waals surface area contributed by atoms with Crippen molar-refractivity contribution in [3.8, 4) is 45.5 Å². The number of aromatic nitrogens is 5. The average Bonchev–Trinajstić information content (AvgIpc) is 3.99. The van der Waals surface area contributed by atoms with Gasteiger partial charge in [0.15, 0.2) is 11.6 Å². The van der Waals surface area contributed by atoms with E-state index in [0.29, 0.717) is 17.6 Å². The fourth-order valence-electron chi connectivity index (χ4n) is 11.8. The van der Waals surface area contributed by atoms with Crippen molar-refractivity contribution in [2.45, 2.75) is 18.5 Å². The van der Waals surface area contributed by atoms with Crippen molar-refractivity contribution in [3.05, 3.63) is 235 Å². The summed E-state index contributed by atoms with van der Waals surface area (Å²) in [5, 5.41) is 7.53. The molecule has 3 aromatic heterocycles. The molecule has 14 rings (SSSR count). The maximum Gasteiger partial charge on any atom is 0.238 e. The smallest absolute Gasteiger partial charge is 0.238 e. The quantitative estimate of drug-likeness (QED) is 0.166. The number of hydrogen-bond acceptors (Lipinski definition) is 3. The van der Waals surface area contributed by atoms with Crippen LogP contribution in [0.15, 0.2) is 212 Å². The minimum Gasteiger partial charge on any atom is -0.309 e. The van der Waals surface area contributed by atoms with Crippen LogP contribution in [-0.4, -0.2) is 32.2 Å². The summed E-state index contributed by atoms with van der Waals surface area (Å²) < 4.78 is 4.64. The molecule has 9 aromatic carbocycles. The third-order valence-electron chi connectivity index (χ3n) is 14.6. The van der Waals surface area contributed by atoms with Crippen LogP contribution in [0.1, 0.15) is 22.3 Å². The van der Waals surface area contributed by atoms with Crippen LogP contribution in [0.2, 0.25) is 13.1 Å².